The van der Waals surface area contributed by atoms with Crippen molar-refractivity contribution >= 4 is 12.0 Å². The van der Waals surface area contributed by atoms with Gasteiger partial charge in [0.25, 0.3) is 0 Å². The lowest BCUT2D eigenvalue weighted by atomic mass is 10.1. The normalized spacial score (nSPS) is 10.7. The van der Waals surface area contributed by atoms with Crippen LogP contribution < -0.4 is 0 Å². The van der Waals surface area contributed by atoms with E-state index in [9.17, 15) is 4.79 Å². The van der Waals surface area contributed by atoms with Crippen LogP contribution in [-0.4, -0.2) is 17.7 Å². The first-order chi connectivity index (χ1) is 7.67. The Bertz CT molecular complexity index is 394. The Balaban J connectivity index is 2.75. The quantitative estimate of drug-likeness (QED) is 0.624. The van der Waals surface area contributed by atoms with Crippen molar-refractivity contribution in [3.8, 4) is 0 Å². The van der Waals surface area contributed by atoms with E-state index in [2.05, 4.69) is 0 Å². The van der Waals surface area contributed by atoms with Crippen molar-refractivity contribution in [2.75, 3.05) is 6.61 Å². The van der Waals surface area contributed by atoms with Gasteiger partial charge in [-0.2, -0.15) is 0 Å². The van der Waals surface area contributed by atoms with Crippen LogP contribution in [0.3, 0.4) is 0 Å². The van der Waals surface area contributed by atoms with Gasteiger partial charge < -0.3 is 9.84 Å². The molecule has 1 aromatic rings. The molecule has 1 N–H and O–H groups in total. The smallest absolute Gasteiger partial charge is 0.330 e. The van der Waals surface area contributed by atoms with Gasteiger partial charge in [-0.25, -0.2) is 4.79 Å². The molecule has 1 aromatic carbocycles. The molecule has 0 fully saturated rings. The first kappa shape index (κ1) is 12.5. The van der Waals surface area contributed by atoms with Crippen LogP contribution in [0.15, 0.2) is 24.3 Å². The molecule has 86 valence electrons. The zero-order valence-corrected chi connectivity index (χ0v) is 9.56. The monoisotopic (exact) mass is 220 g/mol. The number of carbonyl (C=O) groups excluding carboxylic acids is 1. The molecular weight excluding hydrogens is 204 g/mol. The van der Waals surface area contributed by atoms with Crippen LogP contribution in [0.25, 0.3) is 6.08 Å². The summed E-state index contributed by atoms with van der Waals surface area (Å²) in [7, 11) is 0. The number of aliphatic hydroxyl groups is 1. The Labute approximate surface area is 95.4 Å². The lowest BCUT2D eigenvalue weighted by molar-refractivity contribution is -0.137. The molecule has 0 aliphatic rings. The average Bonchev–Trinajstić information content (AvgIpc) is 2.27. The molecule has 0 aliphatic heterocycles. The molecule has 1 rings (SSSR count). The highest BCUT2D eigenvalue weighted by Gasteiger charge is 1.98. The maximum Gasteiger partial charge on any atom is 0.330 e. The topological polar surface area (TPSA) is 46.5 Å². The van der Waals surface area contributed by atoms with E-state index in [0.29, 0.717) is 6.61 Å². The SMILES string of the molecule is CCOC(=O)C=Cc1ccc(CO)c(C)c1. The number of hydrogen-bond acceptors (Lipinski definition) is 3. The van der Waals surface area contributed by atoms with E-state index in [0.717, 1.165) is 16.7 Å². The summed E-state index contributed by atoms with van der Waals surface area (Å²) in [6, 6.07) is 5.62. The van der Waals surface area contributed by atoms with Crippen molar-refractivity contribution in [2.45, 2.75) is 20.5 Å². The van der Waals surface area contributed by atoms with Crippen molar-refractivity contribution in [1.29, 1.82) is 0 Å². The number of hydrogen-bond donors (Lipinski definition) is 1. The Morgan fingerprint density at radius 1 is 1.50 bits per heavy atom. The molecule has 3 nitrogen and oxygen atoms in total. The molecule has 3 heteroatoms. The second-order valence-corrected chi connectivity index (χ2v) is 3.43. The number of rotatable bonds is 4. The van der Waals surface area contributed by atoms with E-state index >= 15 is 0 Å². The number of esters is 1. The van der Waals surface area contributed by atoms with E-state index in [1.54, 1.807) is 13.0 Å². The van der Waals surface area contributed by atoms with E-state index in [1.807, 2.05) is 25.1 Å². The highest BCUT2D eigenvalue weighted by molar-refractivity contribution is 5.87. The van der Waals surface area contributed by atoms with Crippen molar-refractivity contribution in [1.82, 2.24) is 0 Å². The molecule has 0 heterocycles. The molecule has 0 amide bonds. The maximum atomic E-state index is 11.1. The largest absolute Gasteiger partial charge is 0.463 e. The predicted octanol–water partition coefficient (Wildman–Crippen LogP) is 2.06. The third kappa shape index (κ3) is 3.51. The van der Waals surface area contributed by atoms with Crippen molar-refractivity contribution in [3.05, 3.63) is 41.0 Å². The number of benzene rings is 1. The van der Waals surface area contributed by atoms with Gasteiger partial charge in [-0.05, 0) is 36.6 Å². The van der Waals surface area contributed by atoms with Crippen LogP contribution in [0.1, 0.15) is 23.6 Å². The minimum Gasteiger partial charge on any atom is -0.463 e. The minimum atomic E-state index is -0.341. The molecule has 16 heavy (non-hydrogen) atoms. The fourth-order valence-electron chi connectivity index (χ4n) is 1.35. The van der Waals surface area contributed by atoms with Gasteiger partial charge in [0.1, 0.15) is 0 Å². The summed E-state index contributed by atoms with van der Waals surface area (Å²) in [5.74, 6) is -0.341. The highest BCUT2D eigenvalue weighted by Crippen LogP contribution is 2.12. The van der Waals surface area contributed by atoms with Crippen LogP contribution >= 0.6 is 0 Å². The first-order valence-electron chi connectivity index (χ1n) is 5.22. The van der Waals surface area contributed by atoms with E-state index in [-0.39, 0.29) is 12.6 Å². The second kappa shape index (κ2) is 6.08. The van der Waals surface area contributed by atoms with Gasteiger partial charge in [0, 0.05) is 6.08 Å². The Hall–Kier alpha value is -1.61. The fourth-order valence-corrected chi connectivity index (χ4v) is 1.35. The van der Waals surface area contributed by atoms with Gasteiger partial charge in [-0.1, -0.05) is 18.2 Å². The summed E-state index contributed by atoms with van der Waals surface area (Å²) < 4.78 is 4.77. The van der Waals surface area contributed by atoms with Gasteiger partial charge in [0.05, 0.1) is 13.2 Å². The number of carbonyl (C=O) groups is 1. The standard InChI is InChI=1S/C13H16O3/c1-3-16-13(15)7-5-11-4-6-12(9-14)10(2)8-11/h4-8,14H,3,9H2,1-2H3. The van der Waals surface area contributed by atoms with E-state index in [4.69, 9.17) is 9.84 Å². The number of aliphatic hydroxyl groups excluding tert-OH is 1. The molecule has 0 bridgehead atoms. The zero-order chi connectivity index (χ0) is 12.0. The van der Waals surface area contributed by atoms with Crippen molar-refractivity contribution < 1.29 is 14.6 Å². The maximum absolute atomic E-state index is 11.1. The zero-order valence-electron chi connectivity index (χ0n) is 9.56. The number of aryl methyl sites for hydroxylation is 1. The molecule has 0 radical (unpaired) electrons. The molecule has 0 unspecified atom stereocenters. The number of ether oxygens (including phenoxy) is 1. The van der Waals surface area contributed by atoms with Crippen LogP contribution in [-0.2, 0) is 16.1 Å². The summed E-state index contributed by atoms with van der Waals surface area (Å²) in [4.78, 5) is 11.1. The third-order valence-corrected chi connectivity index (χ3v) is 2.24. The van der Waals surface area contributed by atoms with Gasteiger partial charge in [-0.3, -0.25) is 0 Å². The molecule has 0 saturated heterocycles. The Kier molecular flexibility index (Phi) is 4.73. The molecule has 0 aliphatic carbocycles. The predicted molar refractivity (Wildman–Crippen MR) is 62.8 cm³/mol. The molecule has 0 spiro atoms. The summed E-state index contributed by atoms with van der Waals surface area (Å²) >= 11 is 0. The Morgan fingerprint density at radius 2 is 2.25 bits per heavy atom. The molecule has 0 saturated carbocycles. The van der Waals surface area contributed by atoms with Gasteiger partial charge in [-0.15, -0.1) is 0 Å². The van der Waals surface area contributed by atoms with Crippen LogP contribution in [0.2, 0.25) is 0 Å². The Morgan fingerprint density at radius 3 is 2.81 bits per heavy atom. The average molecular weight is 220 g/mol. The van der Waals surface area contributed by atoms with Gasteiger partial charge >= 0.3 is 5.97 Å². The van der Waals surface area contributed by atoms with Crippen molar-refractivity contribution in [3.63, 3.8) is 0 Å². The molecule has 0 atom stereocenters. The highest BCUT2D eigenvalue weighted by atomic mass is 16.5. The van der Waals surface area contributed by atoms with Gasteiger partial charge in [0.2, 0.25) is 0 Å². The molecular formula is C13H16O3. The minimum absolute atomic E-state index is 0.0354. The lowest BCUT2D eigenvalue weighted by Crippen LogP contribution is -1.98. The van der Waals surface area contributed by atoms with Crippen molar-refractivity contribution in [2.24, 2.45) is 0 Å². The van der Waals surface area contributed by atoms with Crippen LogP contribution in [0.4, 0.5) is 0 Å². The summed E-state index contributed by atoms with van der Waals surface area (Å²) in [6.07, 6.45) is 3.10. The summed E-state index contributed by atoms with van der Waals surface area (Å²) in [5.41, 5.74) is 2.82. The summed E-state index contributed by atoms with van der Waals surface area (Å²) in [5, 5.41) is 9.01. The van der Waals surface area contributed by atoms with E-state index < -0.39 is 0 Å². The van der Waals surface area contributed by atoms with Crippen LogP contribution in [0.5, 0.6) is 0 Å². The lowest BCUT2D eigenvalue weighted by Gasteiger charge is -2.03. The second-order valence-electron chi connectivity index (χ2n) is 3.43. The first-order valence-corrected chi connectivity index (χ1v) is 5.22. The summed E-state index contributed by atoms with van der Waals surface area (Å²) in [6.45, 7) is 4.11. The van der Waals surface area contributed by atoms with Gasteiger partial charge in [0.15, 0.2) is 0 Å². The van der Waals surface area contributed by atoms with Crippen LogP contribution in [0, 0.1) is 6.92 Å². The molecule has 0 aromatic heterocycles. The van der Waals surface area contributed by atoms with E-state index in [1.165, 1.54) is 6.08 Å². The third-order valence-electron chi connectivity index (χ3n) is 2.24. The fraction of sp³-hybridized carbons (Fsp3) is 0.308.